The average molecular weight is 553 g/mol. The minimum absolute atomic E-state index is 0.0196. The lowest BCUT2D eigenvalue weighted by Crippen LogP contribution is -2.48. The Balaban J connectivity index is 1.10. The molecule has 9 heteroatoms. The van der Waals surface area contributed by atoms with Gasteiger partial charge in [-0.05, 0) is 30.5 Å². The molecule has 2 aromatic carbocycles. The van der Waals surface area contributed by atoms with E-state index in [0.29, 0.717) is 44.7 Å². The molecular formula is C29H30ClFN4O2S. The topological polar surface area (TPSA) is 56.8 Å². The third-order valence-electron chi connectivity index (χ3n) is 7.18. The second kappa shape index (κ2) is 12.2. The van der Waals surface area contributed by atoms with Crippen molar-refractivity contribution in [3.63, 3.8) is 0 Å². The maximum atomic E-state index is 14.2. The molecule has 5 rings (SSSR count). The van der Waals surface area contributed by atoms with Crippen LogP contribution in [0.3, 0.4) is 0 Å². The zero-order valence-electron chi connectivity index (χ0n) is 21.1. The minimum atomic E-state index is -0.600. The second-order valence-electron chi connectivity index (χ2n) is 9.64. The Morgan fingerprint density at radius 3 is 2.37 bits per heavy atom. The van der Waals surface area contributed by atoms with Crippen molar-refractivity contribution in [2.45, 2.75) is 18.8 Å². The SMILES string of the molecule is O=C(c1csc(C2CCN(C(=O)c3c(F)cccc3Cl)CC2)n1)N1CCN(C/C=C\c2ccccc2)CC1. The number of aromatic nitrogens is 1. The Bertz CT molecular complexity index is 1280. The van der Waals surface area contributed by atoms with Crippen LogP contribution in [-0.2, 0) is 0 Å². The number of benzene rings is 2. The first-order chi connectivity index (χ1) is 18.5. The predicted octanol–water partition coefficient (Wildman–Crippen LogP) is 5.43. The van der Waals surface area contributed by atoms with Crippen LogP contribution in [-0.4, -0.2) is 77.3 Å². The number of rotatable bonds is 6. The maximum Gasteiger partial charge on any atom is 0.273 e. The summed E-state index contributed by atoms with van der Waals surface area (Å²) in [6.07, 6.45) is 5.73. The highest BCUT2D eigenvalue weighted by Gasteiger charge is 2.30. The molecule has 0 aliphatic carbocycles. The number of thiazole rings is 1. The van der Waals surface area contributed by atoms with Gasteiger partial charge in [0, 0.05) is 57.1 Å². The molecule has 0 bridgehead atoms. The van der Waals surface area contributed by atoms with Gasteiger partial charge in [-0.3, -0.25) is 14.5 Å². The molecule has 2 aliphatic rings. The van der Waals surface area contributed by atoms with E-state index in [2.05, 4.69) is 34.2 Å². The maximum absolute atomic E-state index is 14.2. The molecule has 1 aromatic heterocycles. The second-order valence-corrected chi connectivity index (χ2v) is 10.9. The van der Waals surface area contributed by atoms with Gasteiger partial charge in [-0.1, -0.05) is 60.2 Å². The lowest BCUT2D eigenvalue weighted by Gasteiger charge is -2.33. The summed E-state index contributed by atoms with van der Waals surface area (Å²) >= 11 is 7.59. The molecule has 0 atom stereocenters. The van der Waals surface area contributed by atoms with Crippen LogP contribution in [0.2, 0.25) is 5.02 Å². The van der Waals surface area contributed by atoms with Crippen LogP contribution in [0.5, 0.6) is 0 Å². The zero-order valence-corrected chi connectivity index (χ0v) is 22.6. The molecule has 6 nitrogen and oxygen atoms in total. The van der Waals surface area contributed by atoms with Crippen molar-refractivity contribution in [2.75, 3.05) is 45.8 Å². The van der Waals surface area contributed by atoms with Crippen LogP contribution in [0.1, 0.15) is 50.2 Å². The first kappa shape index (κ1) is 26.5. The van der Waals surface area contributed by atoms with Crippen molar-refractivity contribution >= 4 is 40.8 Å². The van der Waals surface area contributed by atoms with Crippen LogP contribution in [0, 0.1) is 5.82 Å². The molecule has 0 N–H and O–H groups in total. The summed E-state index contributed by atoms with van der Waals surface area (Å²) in [6, 6.07) is 14.5. The first-order valence-electron chi connectivity index (χ1n) is 12.9. The molecule has 0 radical (unpaired) electrons. The van der Waals surface area contributed by atoms with Crippen molar-refractivity contribution in [2.24, 2.45) is 0 Å². The van der Waals surface area contributed by atoms with Crippen LogP contribution in [0.4, 0.5) is 4.39 Å². The number of hydrogen-bond donors (Lipinski definition) is 0. The third kappa shape index (κ3) is 6.14. The number of piperazine rings is 1. The summed E-state index contributed by atoms with van der Waals surface area (Å²) in [6.45, 7) is 4.90. The molecule has 38 heavy (non-hydrogen) atoms. The molecule has 2 saturated heterocycles. The van der Waals surface area contributed by atoms with Crippen molar-refractivity contribution < 1.29 is 14.0 Å². The van der Waals surface area contributed by atoms with E-state index >= 15 is 0 Å². The van der Waals surface area contributed by atoms with Crippen LogP contribution in [0.25, 0.3) is 6.08 Å². The van der Waals surface area contributed by atoms with Gasteiger partial charge in [0.2, 0.25) is 0 Å². The number of nitrogens with zero attached hydrogens (tertiary/aromatic N) is 4. The first-order valence-corrected chi connectivity index (χ1v) is 14.2. The summed E-state index contributed by atoms with van der Waals surface area (Å²) in [5, 5.41) is 2.90. The predicted molar refractivity (Wildman–Crippen MR) is 149 cm³/mol. The van der Waals surface area contributed by atoms with Gasteiger partial charge in [-0.2, -0.15) is 0 Å². The van der Waals surface area contributed by atoms with Gasteiger partial charge in [-0.25, -0.2) is 9.37 Å². The normalized spacial score (nSPS) is 17.3. The zero-order chi connectivity index (χ0) is 26.5. The number of piperidine rings is 1. The Morgan fingerprint density at radius 1 is 0.947 bits per heavy atom. The highest BCUT2D eigenvalue weighted by Crippen LogP contribution is 2.32. The number of hydrogen-bond acceptors (Lipinski definition) is 5. The summed E-state index contributed by atoms with van der Waals surface area (Å²) in [7, 11) is 0. The van der Waals surface area contributed by atoms with Crippen LogP contribution in [0.15, 0.2) is 60.0 Å². The van der Waals surface area contributed by atoms with Gasteiger partial charge >= 0.3 is 0 Å². The highest BCUT2D eigenvalue weighted by atomic mass is 35.5. The Labute approximate surface area is 231 Å². The van der Waals surface area contributed by atoms with Gasteiger partial charge in [0.15, 0.2) is 0 Å². The van der Waals surface area contributed by atoms with E-state index in [4.69, 9.17) is 11.6 Å². The number of carbonyl (C=O) groups is 2. The fourth-order valence-corrected chi connectivity index (χ4v) is 6.17. The summed E-state index contributed by atoms with van der Waals surface area (Å²) < 4.78 is 14.2. The fraction of sp³-hybridized carbons (Fsp3) is 0.345. The molecule has 0 saturated carbocycles. The quantitative estimate of drug-likeness (QED) is 0.409. The monoisotopic (exact) mass is 552 g/mol. The van der Waals surface area contributed by atoms with Crippen molar-refractivity contribution in [3.8, 4) is 0 Å². The van der Waals surface area contributed by atoms with E-state index in [0.717, 1.165) is 24.6 Å². The minimum Gasteiger partial charge on any atom is -0.338 e. The molecule has 3 heterocycles. The van der Waals surface area contributed by atoms with Crippen LogP contribution >= 0.6 is 22.9 Å². The molecule has 198 valence electrons. The molecule has 2 fully saturated rings. The number of amides is 2. The van der Waals surface area contributed by atoms with E-state index in [-0.39, 0.29) is 28.3 Å². The van der Waals surface area contributed by atoms with E-state index in [1.54, 1.807) is 4.90 Å². The van der Waals surface area contributed by atoms with Crippen LogP contribution < -0.4 is 0 Å². The fourth-order valence-electron chi connectivity index (χ4n) is 4.96. The Kier molecular flexibility index (Phi) is 8.51. The largest absolute Gasteiger partial charge is 0.338 e. The average Bonchev–Trinajstić information content (AvgIpc) is 3.44. The van der Waals surface area contributed by atoms with Gasteiger partial charge in [0.25, 0.3) is 11.8 Å². The molecule has 0 spiro atoms. The molecular weight excluding hydrogens is 523 g/mol. The lowest BCUT2D eigenvalue weighted by atomic mass is 9.97. The standard InChI is InChI=1S/C29H30ClFN4O2S/c30-23-9-4-10-24(31)26(23)29(37)34-14-11-22(12-15-34)27-32-25(20-38-27)28(36)35-18-16-33(17-19-35)13-5-8-21-6-2-1-3-7-21/h1-10,20,22H,11-19H2/b8-5-. The third-order valence-corrected chi connectivity index (χ3v) is 8.50. The van der Waals surface area contributed by atoms with Crippen molar-refractivity contribution in [1.82, 2.24) is 19.7 Å². The van der Waals surface area contributed by atoms with E-state index in [9.17, 15) is 14.0 Å². The van der Waals surface area contributed by atoms with E-state index < -0.39 is 5.82 Å². The summed E-state index contributed by atoms with van der Waals surface area (Å²) in [5.74, 6) is -0.822. The molecule has 0 unspecified atom stereocenters. The summed E-state index contributed by atoms with van der Waals surface area (Å²) in [4.78, 5) is 36.5. The smallest absolute Gasteiger partial charge is 0.273 e. The molecule has 2 amide bonds. The Morgan fingerprint density at radius 2 is 1.66 bits per heavy atom. The summed E-state index contributed by atoms with van der Waals surface area (Å²) in [5.41, 5.74) is 1.62. The van der Waals surface area contributed by atoms with Crippen molar-refractivity contribution in [1.29, 1.82) is 0 Å². The number of carbonyl (C=O) groups excluding carboxylic acids is 2. The van der Waals surface area contributed by atoms with Gasteiger partial charge in [-0.15, -0.1) is 11.3 Å². The molecule has 3 aromatic rings. The van der Waals surface area contributed by atoms with E-state index in [1.165, 1.54) is 35.1 Å². The molecule has 2 aliphatic heterocycles. The highest BCUT2D eigenvalue weighted by molar-refractivity contribution is 7.09. The van der Waals surface area contributed by atoms with Gasteiger partial charge in [0.1, 0.15) is 11.5 Å². The van der Waals surface area contributed by atoms with Crippen molar-refractivity contribution in [3.05, 3.63) is 92.7 Å². The Hall–Kier alpha value is -3.07. The van der Waals surface area contributed by atoms with Gasteiger partial charge < -0.3 is 9.80 Å². The van der Waals surface area contributed by atoms with E-state index in [1.807, 2.05) is 28.5 Å². The number of halogens is 2. The number of likely N-dealkylation sites (tertiary alicyclic amines) is 1. The lowest BCUT2D eigenvalue weighted by molar-refractivity contribution is 0.0645. The van der Waals surface area contributed by atoms with Gasteiger partial charge in [0.05, 0.1) is 15.6 Å².